The Bertz CT molecular complexity index is 187. The lowest BCUT2D eigenvalue weighted by Gasteiger charge is -2.49. The number of hydrogen-bond donors (Lipinski definition) is 0. The molecular weight excluding hydrogens is 275 g/mol. The zero-order valence-electron chi connectivity index (χ0n) is 10.8. The Morgan fingerprint density at radius 3 is 1.29 bits per heavy atom. The van der Waals surface area contributed by atoms with Crippen LogP contribution in [-0.2, 0) is 0 Å². The molecule has 0 aliphatic carbocycles. The van der Waals surface area contributed by atoms with Gasteiger partial charge in [-0.1, -0.05) is 69.4 Å². The van der Waals surface area contributed by atoms with Gasteiger partial charge in [-0.25, -0.2) is 4.39 Å². The number of halogens is 2. The van der Waals surface area contributed by atoms with Crippen LogP contribution in [0.15, 0.2) is 0 Å². The van der Waals surface area contributed by atoms with Crippen LogP contribution in [-0.4, -0.2) is 20.0 Å². The van der Waals surface area contributed by atoms with E-state index in [4.69, 9.17) is 0 Å². The summed E-state index contributed by atoms with van der Waals surface area (Å²) < 4.78 is 13.8. The third-order valence-corrected chi connectivity index (χ3v) is 21.5. The lowest BCUT2D eigenvalue weighted by molar-refractivity contribution is 0.469. The molecule has 0 rings (SSSR count). The van der Waals surface area contributed by atoms with E-state index in [9.17, 15) is 4.39 Å². The Balaban J connectivity index is 5.30. The first-order chi connectivity index (χ1) is 5.75. The second-order valence-electron chi connectivity index (χ2n) is 6.70. The van der Waals surface area contributed by atoms with E-state index >= 15 is 0 Å². The smallest absolute Gasteiger partial charge is 0.139 e. The maximum atomic E-state index is 14.9. The second-order valence-corrected chi connectivity index (χ2v) is 20.4. The number of hydrogen-bond acceptors (Lipinski definition) is 0. The maximum Gasteiger partial charge on any atom is 0.139 e. The van der Waals surface area contributed by atoms with E-state index in [-0.39, 0.29) is 5.04 Å². The van der Waals surface area contributed by atoms with Gasteiger partial charge in [0.1, 0.15) is 11.9 Å². The molecule has 14 heavy (non-hydrogen) atoms. The molecule has 0 aromatic heterocycles. The standard InChI is InChI=1S/C10H24BrFSi2/c1-9(2,3)14(7,8)10(11,12)13(4,5)6/h1-8H3. The van der Waals surface area contributed by atoms with E-state index in [0.717, 1.165) is 0 Å². The molecule has 86 valence electrons. The van der Waals surface area contributed by atoms with Gasteiger partial charge in [0.15, 0.2) is 0 Å². The van der Waals surface area contributed by atoms with Crippen molar-refractivity contribution in [3.63, 3.8) is 0 Å². The average molecular weight is 299 g/mol. The molecule has 0 aliphatic heterocycles. The molecule has 0 amide bonds. The largest absolute Gasteiger partial charge is 0.240 e. The van der Waals surface area contributed by atoms with E-state index in [1.54, 1.807) is 0 Å². The SMILES string of the molecule is CC(C)(C)[Si](C)(C)C(F)(Br)[Si](C)(C)C. The highest BCUT2D eigenvalue weighted by atomic mass is 79.9. The minimum atomic E-state index is -1.96. The van der Waals surface area contributed by atoms with E-state index in [1.807, 2.05) is 0 Å². The van der Waals surface area contributed by atoms with Crippen LogP contribution in [0.1, 0.15) is 20.8 Å². The molecule has 0 saturated carbocycles. The van der Waals surface area contributed by atoms with E-state index in [1.165, 1.54) is 0 Å². The highest BCUT2D eigenvalue weighted by Gasteiger charge is 2.59. The summed E-state index contributed by atoms with van der Waals surface area (Å²) in [4.78, 5) is 0. The fraction of sp³-hybridized carbons (Fsp3) is 1.00. The van der Waals surface area contributed by atoms with Crippen molar-refractivity contribution in [2.45, 2.75) is 62.4 Å². The molecule has 0 fully saturated rings. The summed E-state index contributed by atoms with van der Waals surface area (Å²) in [5.74, 6) is 0. The fourth-order valence-electron chi connectivity index (χ4n) is 1.41. The van der Waals surface area contributed by atoms with Crippen molar-refractivity contribution in [1.82, 2.24) is 0 Å². The van der Waals surface area contributed by atoms with Gasteiger partial charge >= 0.3 is 0 Å². The van der Waals surface area contributed by atoms with Crippen molar-refractivity contribution in [3.05, 3.63) is 0 Å². The molecule has 0 aromatic rings. The monoisotopic (exact) mass is 298 g/mol. The van der Waals surface area contributed by atoms with Crippen molar-refractivity contribution in [1.29, 1.82) is 0 Å². The predicted octanol–water partition coefficient (Wildman–Crippen LogP) is 4.97. The molecule has 0 aromatic carbocycles. The van der Waals surface area contributed by atoms with Crippen LogP contribution in [0.3, 0.4) is 0 Å². The van der Waals surface area contributed by atoms with Crippen LogP contribution in [0.25, 0.3) is 0 Å². The Kier molecular flexibility index (Phi) is 3.92. The lowest BCUT2D eigenvalue weighted by atomic mass is 10.2. The van der Waals surface area contributed by atoms with E-state index < -0.39 is 20.0 Å². The third-order valence-electron chi connectivity index (χ3n) is 3.60. The molecule has 4 heteroatoms. The molecule has 0 heterocycles. The summed E-state index contributed by atoms with van der Waals surface area (Å²) in [7, 11) is -3.77. The maximum absolute atomic E-state index is 14.9. The molecule has 0 spiro atoms. The van der Waals surface area contributed by atoms with Crippen molar-refractivity contribution < 1.29 is 4.39 Å². The zero-order chi connectivity index (χ0) is 12.0. The Morgan fingerprint density at radius 2 is 1.21 bits per heavy atom. The Labute approximate surface area is 98.8 Å². The van der Waals surface area contributed by atoms with Crippen LogP contribution in [0.5, 0.6) is 0 Å². The Hall–Kier alpha value is 0.844. The number of rotatable bonds is 2. The van der Waals surface area contributed by atoms with Crippen LogP contribution >= 0.6 is 15.9 Å². The van der Waals surface area contributed by atoms with Crippen LogP contribution in [0.2, 0.25) is 37.8 Å². The molecule has 0 nitrogen and oxygen atoms in total. The molecular formula is C10H24BrFSi2. The molecule has 0 aliphatic rings. The first-order valence-corrected chi connectivity index (χ1v) is 12.4. The van der Waals surface area contributed by atoms with Gasteiger partial charge in [0, 0.05) is 0 Å². The van der Waals surface area contributed by atoms with Gasteiger partial charge in [0.25, 0.3) is 0 Å². The second kappa shape index (κ2) is 3.70. The molecule has 1 unspecified atom stereocenters. The van der Waals surface area contributed by atoms with Gasteiger partial charge in [0.2, 0.25) is 0 Å². The van der Waals surface area contributed by atoms with Crippen LogP contribution in [0, 0.1) is 0 Å². The van der Waals surface area contributed by atoms with E-state index in [2.05, 4.69) is 69.4 Å². The minimum absolute atomic E-state index is 0.0888. The van der Waals surface area contributed by atoms with E-state index in [0.29, 0.717) is 0 Å². The zero-order valence-corrected chi connectivity index (χ0v) is 14.3. The normalized spacial score (nSPS) is 19.3. The van der Waals surface area contributed by atoms with Gasteiger partial charge < -0.3 is 0 Å². The average Bonchev–Trinajstić information content (AvgIpc) is 1.81. The summed E-state index contributed by atoms with van der Waals surface area (Å²) in [5, 5.41) is 0.0888. The summed E-state index contributed by atoms with van der Waals surface area (Å²) in [6.07, 6.45) is 0. The summed E-state index contributed by atoms with van der Waals surface area (Å²) in [6, 6.07) is 0. The third kappa shape index (κ3) is 2.32. The quantitative estimate of drug-likeness (QED) is 0.499. The minimum Gasteiger partial charge on any atom is -0.240 e. The molecule has 0 bridgehead atoms. The van der Waals surface area contributed by atoms with Crippen LogP contribution < -0.4 is 0 Å². The highest BCUT2D eigenvalue weighted by Crippen LogP contribution is 2.51. The molecule has 0 saturated heterocycles. The molecule has 1 atom stereocenters. The highest BCUT2D eigenvalue weighted by molar-refractivity contribution is 9.11. The van der Waals surface area contributed by atoms with Gasteiger partial charge in [0.05, 0.1) is 8.07 Å². The molecule has 0 N–H and O–H groups in total. The molecule has 0 radical (unpaired) electrons. The summed E-state index contributed by atoms with van der Waals surface area (Å²) in [5.41, 5.74) is 0. The van der Waals surface area contributed by atoms with Crippen molar-refractivity contribution >= 4 is 32.1 Å². The van der Waals surface area contributed by atoms with Crippen molar-refractivity contribution in [2.24, 2.45) is 0 Å². The summed E-state index contributed by atoms with van der Waals surface area (Å²) >= 11 is 3.42. The van der Waals surface area contributed by atoms with Gasteiger partial charge in [-0.15, -0.1) is 0 Å². The first kappa shape index (κ1) is 14.8. The van der Waals surface area contributed by atoms with Gasteiger partial charge in [-0.2, -0.15) is 0 Å². The topological polar surface area (TPSA) is 0 Å². The number of alkyl halides is 2. The lowest BCUT2D eigenvalue weighted by Crippen LogP contribution is -2.64. The Morgan fingerprint density at radius 1 is 0.929 bits per heavy atom. The predicted molar refractivity (Wildman–Crippen MR) is 73.3 cm³/mol. The first-order valence-electron chi connectivity index (χ1n) is 5.13. The fourth-order valence-corrected chi connectivity index (χ4v) is 12.8. The van der Waals surface area contributed by atoms with Gasteiger partial charge in [-0.05, 0) is 5.04 Å². The van der Waals surface area contributed by atoms with Crippen LogP contribution in [0.4, 0.5) is 4.39 Å². The summed E-state index contributed by atoms with van der Waals surface area (Å²) in [6.45, 7) is 17.1. The van der Waals surface area contributed by atoms with Crippen molar-refractivity contribution in [2.75, 3.05) is 0 Å². The van der Waals surface area contributed by atoms with Crippen molar-refractivity contribution in [3.8, 4) is 0 Å². The van der Waals surface area contributed by atoms with Gasteiger partial charge in [-0.3, -0.25) is 0 Å².